The number of hydrogen-bond donors (Lipinski definition) is 5. The molecule has 0 saturated carbocycles. The van der Waals surface area contributed by atoms with Crippen molar-refractivity contribution in [3.05, 3.63) is 59.3 Å². The zero-order chi connectivity index (χ0) is 25.8. The van der Waals surface area contributed by atoms with Crippen molar-refractivity contribution in [2.24, 2.45) is 23.2 Å². The Kier molecular flexibility index (Phi) is 6.43. The van der Waals surface area contributed by atoms with Crippen molar-refractivity contribution in [1.82, 2.24) is 10.3 Å². The predicted molar refractivity (Wildman–Crippen MR) is 137 cm³/mol. The standard InChI is InChI=1S/C29H36N2O5/c1-15-7-6-9-20-27(35)17(3)16(2)26-22(12-18-14-30-21-10-5-4-8-19(18)21)31-28(36)29(20,26)25(34)13-24(33)23(32)11-15/h4-6,8-10,14-15,20,22-24,26-27,30,32-33,35H,7,11-13H2,1-3H3,(H,31,36)/b9-6+. The molecule has 2 aromatic rings. The lowest BCUT2D eigenvalue weighted by Crippen LogP contribution is -2.56. The molecule has 8 unspecified atom stereocenters. The third kappa shape index (κ3) is 3.76. The Morgan fingerprint density at radius 1 is 1.06 bits per heavy atom. The minimum Gasteiger partial charge on any atom is -0.390 e. The number of fused-ring (bicyclic) bond motifs is 1. The number of allylic oxidation sites excluding steroid dienone is 1. The van der Waals surface area contributed by atoms with Gasteiger partial charge in [0, 0.05) is 41.4 Å². The third-order valence-electron chi connectivity index (χ3n) is 8.92. The molecule has 0 radical (unpaired) electrons. The van der Waals surface area contributed by atoms with Crippen molar-refractivity contribution in [3.63, 3.8) is 0 Å². The molecule has 1 aromatic heterocycles. The van der Waals surface area contributed by atoms with Crippen LogP contribution in [0.1, 0.15) is 45.6 Å². The normalized spacial score (nSPS) is 38.3. The average molecular weight is 493 g/mol. The molecule has 1 spiro atoms. The number of Topliss-reactive ketones (excluding diaryl/α,β-unsaturated/α-hetero) is 1. The van der Waals surface area contributed by atoms with E-state index in [0.29, 0.717) is 19.3 Å². The molecule has 5 rings (SSSR count). The maximum atomic E-state index is 14.1. The zero-order valence-electron chi connectivity index (χ0n) is 21.1. The number of para-hydroxylation sites is 1. The second-order valence-electron chi connectivity index (χ2n) is 11.1. The number of amides is 1. The number of carbonyl (C=O) groups excluding carboxylic acids is 2. The van der Waals surface area contributed by atoms with Gasteiger partial charge in [-0.2, -0.15) is 0 Å². The molecule has 8 atom stereocenters. The average Bonchev–Trinajstić information content (AvgIpc) is 3.38. The Morgan fingerprint density at radius 3 is 2.58 bits per heavy atom. The lowest BCUT2D eigenvalue weighted by atomic mass is 9.54. The molecular weight excluding hydrogens is 456 g/mol. The van der Waals surface area contributed by atoms with Gasteiger partial charge in [-0.05, 0) is 56.2 Å². The van der Waals surface area contributed by atoms with E-state index in [1.165, 1.54) is 0 Å². The first-order chi connectivity index (χ1) is 17.2. The fourth-order valence-corrected chi connectivity index (χ4v) is 6.90. The van der Waals surface area contributed by atoms with Crippen LogP contribution in [0.25, 0.3) is 10.9 Å². The summed E-state index contributed by atoms with van der Waals surface area (Å²) >= 11 is 0. The molecule has 36 heavy (non-hydrogen) atoms. The lowest BCUT2D eigenvalue weighted by molar-refractivity contribution is -0.150. The Balaban J connectivity index is 1.63. The molecule has 1 amide bonds. The number of benzene rings is 1. The van der Waals surface area contributed by atoms with Crippen LogP contribution in [0, 0.1) is 23.2 Å². The minimum atomic E-state index is -1.55. The van der Waals surface area contributed by atoms with Gasteiger partial charge in [0.1, 0.15) is 5.41 Å². The lowest BCUT2D eigenvalue weighted by Gasteiger charge is -2.46. The Morgan fingerprint density at radius 2 is 1.81 bits per heavy atom. The molecule has 0 bridgehead atoms. The van der Waals surface area contributed by atoms with Crippen LogP contribution in [-0.2, 0) is 16.0 Å². The van der Waals surface area contributed by atoms with Crippen LogP contribution in [-0.4, -0.2) is 56.3 Å². The van der Waals surface area contributed by atoms with Crippen LogP contribution in [0.5, 0.6) is 0 Å². The smallest absolute Gasteiger partial charge is 0.235 e. The van der Waals surface area contributed by atoms with E-state index in [-0.39, 0.29) is 18.4 Å². The van der Waals surface area contributed by atoms with Gasteiger partial charge in [0.15, 0.2) is 5.78 Å². The first-order valence-electron chi connectivity index (χ1n) is 12.9. The van der Waals surface area contributed by atoms with Crippen LogP contribution in [0.4, 0.5) is 0 Å². The molecule has 7 heteroatoms. The molecule has 1 aliphatic heterocycles. The number of aromatic nitrogens is 1. The fourth-order valence-electron chi connectivity index (χ4n) is 6.90. The molecule has 2 heterocycles. The van der Waals surface area contributed by atoms with Crippen LogP contribution in [0.15, 0.2) is 53.8 Å². The molecule has 2 aliphatic carbocycles. The second-order valence-corrected chi connectivity index (χ2v) is 11.1. The van der Waals surface area contributed by atoms with Crippen molar-refractivity contribution in [3.8, 4) is 0 Å². The Hall–Kier alpha value is -2.74. The highest BCUT2D eigenvalue weighted by molar-refractivity contribution is 6.10. The topological polar surface area (TPSA) is 123 Å². The molecule has 5 N–H and O–H groups in total. The summed E-state index contributed by atoms with van der Waals surface area (Å²) in [6.45, 7) is 5.75. The summed E-state index contributed by atoms with van der Waals surface area (Å²) in [5.41, 5.74) is 2.12. The number of hydrogen-bond acceptors (Lipinski definition) is 5. The van der Waals surface area contributed by atoms with Gasteiger partial charge in [-0.15, -0.1) is 0 Å². The largest absolute Gasteiger partial charge is 0.390 e. The first-order valence-corrected chi connectivity index (χ1v) is 12.9. The van der Waals surface area contributed by atoms with E-state index in [1.54, 1.807) is 0 Å². The van der Waals surface area contributed by atoms with Gasteiger partial charge in [-0.25, -0.2) is 0 Å². The van der Waals surface area contributed by atoms with Crippen molar-refractivity contribution < 1.29 is 24.9 Å². The second kappa shape index (κ2) is 9.29. The molecule has 7 nitrogen and oxygen atoms in total. The van der Waals surface area contributed by atoms with Crippen molar-refractivity contribution >= 4 is 22.6 Å². The summed E-state index contributed by atoms with van der Waals surface area (Å²) in [6.07, 6.45) is 3.55. The number of ketones is 1. The summed E-state index contributed by atoms with van der Waals surface area (Å²) in [7, 11) is 0. The number of H-pyrrole nitrogens is 1. The summed E-state index contributed by atoms with van der Waals surface area (Å²) in [6, 6.07) is 7.62. The van der Waals surface area contributed by atoms with E-state index in [2.05, 4.69) is 10.3 Å². The van der Waals surface area contributed by atoms with Gasteiger partial charge in [-0.3, -0.25) is 9.59 Å². The molecule has 1 fully saturated rings. The van der Waals surface area contributed by atoms with Crippen LogP contribution < -0.4 is 5.32 Å². The summed E-state index contributed by atoms with van der Waals surface area (Å²) < 4.78 is 0. The predicted octanol–water partition coefficient (Wildman–Crippen LogP) is 2.81. The number of carbonyl (C=O) groups is 2. The van der Waals surface area contributed by atoms with E-state index < -0.39 is 47.3 Å². The third-order valence-corrected chi connectivity index (χ3v) is 8.92. The summed E-state index contributed by atoms with van der Waals surface area (Å²) in [4.78, 5) is 31.3. The fraction of sp³-hybridized carbons (Fsp3) is 0.517. The van der Waals surface area contributed by atoms with E-state index in [0.717, 1.165) is 27.6 Å². The van der Waals surface area contributed by atoms with Crippen LogP contribution >= 0.6 is 0 Å². The van der Waals surface area contributed by atoms with E-state index in [4.69, 9.17) is 0 Å². The van der Waals surface area contributed by atoms with Gasteiger partial charge in [0.25, 0.3) is 0 Å². The summed E-state index contributed by atoms with van der Waals surface area (Å²) in [5, 5.41) is 36.9. The van der Waals surface area contributed by atoms with Crippen molar-refractivity contribution in [1.29, 1.82) is 0 Å². The Bertz CT molecular complexity index is 1250. The molecule has 192 valence electrons. The first kappa shape index (κ1) is 24.9. The highest BCUT2D eigenvalue weighted by Crippen LogP contribution is 2.55. The SMILES string of the molecule is CC1=C(C)C2C(Cc3c[nH]c4ccccc34)NC(=O)C23C(=O)CC(O)C(O)CC(C)C/C=C/C3C1O. The van der Waals surface area contributed by atoms with E-state index in [1.807, 2.05) is 63.4 Å². The van der Waals surface area contributed by atoms with E-state index >= 15 is 0 Å². The Labute approximate surface area is 211 Å². The molecular formula is C29H36N2O5. The number of aliphatic hydroxyl groups excluding tert-OH is 3. The maximum Gasteiger partial charge on any atom is 0.235 e. The van der Waals surface area contributed by atoms with Gasteiger partial charge in [0.2, 0.25) is 5.91 Å². The summed E-state index contributed by atoms with van der Waals surface area (Å²) in [5.74, 6) is -1.98. The number of rotatable bonds is 2. The zero-order valence-corrected chi connectivity index (χ0v) is 21.1. The molecule has 1 aromatic carbocycles. The van der Waals surface area contributed by atoms with Gasteiger partial charge < -0.3 is 25.6 Å². The van der Waals surface area contributed by atoms with E-state index in [9.17, 15) is 24.9 Å². The van der Waals surface area contributed by atoms with Crippen LogP contribution in [0.2, 0.25) is 0 Å². The van der Waals surface area contributed by atoms with Crippen LogP contribution in [0.3, 0.4) is 0 Å². The van der Waals surface area contributed by atoms with Crippen molar-refractivity contribution in [2.75, 3.05) is 0 Å². The number of aromatic amines is 1. The monoisotopic (exact) mass is 492 g/mol. The minimum absolute atomic E-state index is 0.0805. The number of nitrogens with one attached hydrogen (secondary N) is 2. The highest BCUT2D eigenvalue weighted by atomic mass is 16.3. The molecule has 3 aliphatic rings. The van der Waals surface area contributed by atoms with Gasteiger partial charge in [0.05, 0.1) is 18.3 Å². The molecule has 1 saturated heterocycles. The van der Waals surface area contributed by atoms with Gasteiger partial charge in [-0.1, -0.05) is 42.8 Å². The maximum absolute atomic E-state index is 14.1. The van der Waals surface area contributed by atoms with Crippen molar-refractivity contribution in [2.45, 2.75) is 70.8 Å². The highest BCUT2D eigenvalue weighted by Gasteiger charge is 2.66. The number of aliphatic hydroxyl groups is 3. The van der Waals surface area contributed by atoms with Gasteiger partial charge >= 0.3 is 0 Å². The quantitative estimate of drug-likeness (QED) is 0.326.